The van der Waals surface area contributed by atoms with Crippen LogP contribution in [0.25, 0.3) is 43.3 Å². The Balaban J connectivity index is 0.961. The second kappa shape index (κ2) is 14.0. The van der Waals surface area contributed by atoms with E-state index >= 15 is 0 Å². The quantitative estimate of drug-likeness (QED) is 0.165. The minimum Gasteiger partial charge on any atom is -0.458 e. The van der Waals surface area contributed by atoms with Gasteiger partial charge in [-0.3, -0.25) is 0 Å². The summed E-state index contributed by atoms with van der Waals surface area (Å²) in [5, 5.41) is 4.87. The number of hydrogen-bond donors (Lipinski definition) is 0. The Kier molecular flexibility index (Phi) is 7.57. The molecule has 0 fully saturated rings. The SMILES string of the molecule is c1ccc(N2c3ccccc3B3c4cc5c(cc4Oc4cc(-n6ccc7ccccc76)cc2c43)Oc2cc(-n3ccc4ccccc43)cc3c2B5c2c(sc4ccccc24)N3c2ccccc2)cc1. The fraction of sp³-hybridized carbons (Fsp3) is 0. The zero-order chi connectivity index (χ0) is 44.9. The lowest BCUT2D eigenvalue weighted by atomic mass is 9.31. The van der Waals surface area contributed by atoms with Gasteiger partial charge in [-0.15, -0.1) is 11.3 Å². The van der Waals surface area contributed by atoms with Crippen molar-refractivity contribution in [2.75, 3.05) is 9.80 Å². The number of hydrogen-bond acceptors (Lipinski definition) is 5. The molecule has 6 nitrogen and oxygen atoms in total. The molecule has 9 aromatic carbocycles. The number of fused-ring (bicyclic) bond motifs is 12. The van der Waals surface area contributed by atoms with E-state index in [2.05, 4.69) is 238 Å². The van der Waals surface area contributed by atoms with Crippen LogP contribution in [-0.4, -0.2) is 22.6 Å². The van der Waals surface area contributed by atoms with Crippen LogP contribution < -0.4 is 52.1 Å². The van der Waals surface area contributed by atoms with Crippen molar-refractivity contribution in [1.82, 2.24) is 9.13 Å². The number of thiophene rings is 1. The summed E-state index contributed by atoms with van der Waals surface area (Å²) >= 11 is 1.87. The van der Waals surface area contributed by atoms with Crippen molar-refractivity contribution >= 4 is 123 Å². The Morgan fingerprint density at radius 1 is 0.362 bits per heavy atom. The monoisotopic (exact) mass is 898 g/mol. The van der Waals surface area contributed by atoms with E-state index in [9.17, 15) is 0 Å². The molecule has 69 heavy (non-hydrogen) atoms. The van der Waals surface area contributed by atoms with Gasteiger partial charge in [0.15, 0.2) is 0 Å². The molecule has 0 N–H and O–H groups in total. The first kappa shape index (κ1) is 37.4. The van der Waals surface area contributed by atoms with Crippen LogP contribution in [0.3, 0.4) is 0 Å². The van der Waals surface area contributed by atoms with E-state index in [0.29, 0.717) is 0 Å². The fourth-order valence-electron chi connectivity index (χ4n) is 12.0. The van der Waals surface area contributed by atoms with E-state index in [4.69, 9.17) is 9.47 Å². The molecule has 0 spiro atoms. The van der Waals surface area contributed by atoms with Crippen molar-refractivity contribution in [3.63, 3.8) is 0 Å². The van der Waals surface area contributed by atoms with Crippen molar-refractivity contribution in [1.29, 1.82) is 0 Å². The Labute approximate surface area is 402 Å². The molecule has 0 radical (unpaired) electrons. The lowest BCUT2D eigenvalue weighted by Crippen LogP contribution is -2.63. The number of anilines is 6. The number of aromatic nitrogens is 2. The molecule has 0 saturated heterocycles. The summed E-state index contributed by atoms with van der Waals surface area (Å²) < 4.78 is 20.5. The summed E-state index contributed by atoms with van der Waals surface area (Å²) in [6.07, 6.45) is 4.35. The fourth-order valence-corrected chi connectivity index (χ4v) is 13.2. The predicted molar refractivity (Wildman–Crippen MR) is 287 cm³/mol. The summed E-state index contributed by atoms with van der Waals surface area (Å²) in [5.74, 6) is 3.31. The smallest absolute Gasteiger partial charge is 0.258 e. The van der Waals surface area contributed by atoms with E-state index in [1.807, 2.05) is 11.3 Å². The molecule has 9 heteroatoms. The van der Waals surface area contributed by atoms with Gasteiger partial charge >= 0.3 is 0 Å². The highest BCUT2D eigenvalue weighted by Crippen LogP contribution is 2.48. The number of rotatable bonds is 4. The number of nitrogens with zero attached hydrogens (tertiary/aromatic N) is 4. The minimum atomic E-state index is -0.115. The standard InChI is InChI=1S/C60H36B2N4O2S/c1-3-17-39(18-4-1)65-49-25-13-10-22-44(49)61-45-35-46-53(36-52(45)67-54-33-41(31-50(65)58(54)61)63-29-27-37-15-7-11-23-47(37)63)68-55-34-42(64-30-28-38-16-8-12-24-48(38)64)32-51-59(55)62(46)57-43-21-9-14-26-56(43)69-60(57)66(51)40-19-5-2-6-20-40/h1-36H. The van der Waals surface area contributed by atoms with Crippen LogP contribution in [0.4, 0.5) is 33.4 Å². The topological polar surface area (TPSA) is 34.8 Å². The Morgan fingerprint density at radius 3 is 1.58 bits per heavy atom. The Bertz CT molecular complexity index is 4140. The van der Waals surface area contributed by atoms with Crippen LogP contribution in [-0.2, 0) is 0 Å². The lowest BCUT2D eigenvalue weighted by Gasteiger charge is -2.42. The highest BCUT2D eigenvalue weighted by Gasteiger charge is 2.48. The Hall–Kier alpha value is -8.65. The van der Waals surface area contributed by atoms with Crippen LogP contribution in [0, 0.1) is 0 Å². The highest BCUT2D eigenvalue weighted by atomic mass is 32.1. The van der Waals surface area contributed by atoms with Gasteiger partial charge < -0.3 is 28.4 Å². The third-order valence-electron chi connectivity index (χ3n) is 14.9. The van der Waals surface area contributed by atoms with Crippen molar-refractivity contribution < 1.29 is 9.47 Å². The second-order valence-electron chi connectivity index (χ2n) is 18.5. The van der Waals surface area contributed by atoms with Gasteiger partial charge in [0.05, 0.1) is 27.4 Å². The van der Waals surface area contributed by atoms with E-state index in [0.717, 1.165) is 90.2 Å². The molecular formula is C60H36B2N4O2S. The van der Waals surface area contributed by atoms with E-state index < -0.39 is 0 Å². The first-order valence-corrected chi connectivity index (χ1v) is 24.4. The summed E-state index contributed by atoms with van der Waals surface area (Å²) in [6.45, 7) is -0.223. The van der Waals surface area contributed by atoms with Crippen LogP contribution >= 0.6 is 11.3 Å². The van der Waals surface area contributed by atoms with Gasteiger partial charge in [-0.05, 0) is 122 Å². The van der Waals surface area contributed by atoms with Crippen LogP contribution in [0.15, 0.2) is 219 Å². The molecule has 0 amide bonds. The summed E-state index contributed by atoms with van der Waals surface area (Å²) in [4.78, 5) is 4.90. The summed E-state index contributed by atoms with van der Waals surface area (Å²) in [6, 6.07) is 74.8. The number of para-hydroxylation sites is 5. The second-order valence-corrected chi connectivity index (χ2v) is 19.5. The van der Waals surface area contributed by atoms with Crippen molar-refractivity contribution in [2.24, 2.45) is 0 Å². The molecule has 0 atom stereocenters. The van der Waals surface area contributed by atoms with Gasteiger partial charge in [-0.1, -0.05) is 115 Å². The maximum absolute atomic E-state index is 7.37. The predicted octanol–water partition coefficient (Wildman–Crippen LogP) is 11.6. The molecule has 3 aromatic heterocycles. The van der Waals surface area contributed by atoms with Crippen molar-refractivity contribution in [3.8, 4) is 34.4 Å². The van der Waals surface area contributed by atoms with Gasteiger partial charge in [-0.2, -0.15) is 0 Å². The minimum absolute atomic E-state index is 0.107. The summed E-state index contributed by atoms with van der Waals surface area (Å²) in [5.41, 5.74) is 17.1. The first-order valence-electron chi connectivity index (χ1n) is 23.5. The maximum Gasteiger partial charge on any atom is 0.258 e. The van der Waals surface area contributed by atoms with Crippen LogP contribution in [0.5, 0.6) is 23.0 Å². The third kappa shape index (κ3) is 5.22. The normalized spacial score (nSPS) is 13.6. The molecule has 0 saturated carbocycles. The summed E-state index contributed by atoms with van der Waals surface area (Å²) in [7, 11) is 0. The lowest BCUT2D eigenvalue weighted by molar-refractivity contribution is 0.465. The van der Waals surface area contributed by atoms with E-state index in [1.165, 1.54) is 42.2 Å². The van der Waals surface area contributed by atoms with Gasteiger partial charge in [0.2, 0.25) is 0 Å². The molecule has 16 rings (SSSR count). The zero-order valence-electron chi connectivity index (χ0n) is 37.0. The zero-order valence-corrected chi connectivity index (χ0v) is 37.8. The molecule has 4 aliphatic heterocycles. The van der Waals surface area contributed by atoms with E-state index in [-0.39, 0.29) is 13.4 Å². The Morgan fingerprint density at radius 2 is 0.899 bits per heavy atom. The average Bonchev–Trinajstić information content (AvgIpc) is 4.14. The maximum atomic E-state index is 7.37. The van der Waals surface area contributed by atoms with Gasteiger partial charge in [0.25, 0.3) is 13.4 Å². The molecule has 12 aromatic rings. The van der Waals surface area contributed by atoms with Crippen LogP contribution in [0.2, 0.25) is 0 Å². The molecule has 0 unspecified atom stereocenters. The molecular weight excluding hydrogens is 862 g/mol. The molecule has 7 heterocycles. The van der Waals surface area contributed by atoms with Crippen LogP contribution in [0.1, 0.15) is 0 Å². The number of benzene rings is 9. The number of ether oxygens (including phenoxy) is 2. The molecule has 320 valence electrons. The van der Waals surface area contributed by atoms with Gasteiger partial charge in [0, 0.05) is 63.7 Å². The van der Waals surface area contributed by atoms with Crippen molar-refractivity contribution in [2.45, 2.75) is 0 Å². The third-order valence-corrected chi connectivity index (χ3v) is 16.0. The largest absolute Gasteiger partial charge is 0.458 e. The first-order chi connectivity index (χ1) is 34.2. The average molecular weight is 899 g/mol. The molecule has 0 bridgehead atoms. The van der Waals surface area contributed by atoms with Gasteiger partial charge in [0.1, 0.15) is 23.0 Å². The molecule has 0 aliphatic carbocycles. The van der Waals surface area contributed by atoms with Crippen molar-refractivity contribution in [3.05, 3.63) is 219 Å². The highest BCUT2D eigenvalue weighted by molar-refractivity contribution is 7.26. The molecule has 4 aliphatic rings. The van der Waals surface area contributed by atoms with Gasteiger partial charge in [-0.25, -0.2) is 0 Å². The van der Waals surface area contributed by atoms with E-state index in [1.54, 1.807) is 0 Å².